The van der Waals surface area contributed by atoms with Gasteiger partial charge in [0, 0.05) is 6.61 Å². The van der Waals surface area contributed by atoms with Gasteiger partial charge in [-0.2, -0.15) is 0 Å². The van der Waals surface area contributed by atoms with Crippen LogP contribution in [0.5, 0.6) is 0 Å². The maximum Gasteiger partial charge on any atom is 0.249 e. The van der Waals surface area contributed by atoms with E-state index >= 15 is 0 Å². The van der Waals surface area contributed by atoms with Crippen LogP contribution in [0.4, 0.5) is 0 Å². The standard InChI is InChI=1S/C17H27NO3/c1-6-20-10-11-21-14(3)16(19)18-17(4,5)15-9-7-8-13(2)12-15/h7-9,12,14H,6,10-11H2,1-5H3,(H,18,19)/t14-/m1/s1. The molecule has 0 saturated carbocycles. The number of nitrogens with one attached hydrogen (secondary N) is 1. The predicted octanol–water partition coefficient (Wildman–Crippen LogP) is 2.79. The molecule has 4 heteroatoms. The second-order valence-electron chi connectivity index (χ2n) is 5.69. The van der Waals surface area contributed by atoms with Crippen LogP contribution in [0.15, 0.2) is 24.3 Å². The molecule has 1 amide bonds. The zero-order chi connectivity index (χ0) is 15.9. The Morgan fingerprint density at radius 2 is 2.05 bits per heavy atom. The molecule has 0 saturated heterocycles. The van der Waals surface area contributed by atoms with Crippen molar-refractivity contribution in [2.45, 2.75) is 46.3 Å². The van der Waals surface area contributed by atoms with Crippen LogP contribution < -0.4 is 5.32 Å². The van der Waals surface area contributed by atoms with Crippen LogP contribution in [0, 0.1) is 6.92 Å². The highest BCUT2D eigenvalue weighted by Gasteiger charge is 2.25. The van der Waals surface area contributed by atoms with Gasteiger partial charge < -0.3 is 14.8 Å². The van der Waals surface area contributed by atoms with Crippen LogP contribution in [0.25, 0.3) is 0 Å². The summed E-state index contributed by atoms with van der Waals surface area (Å²) in [5, 5.41) is 3.04. The highest BCUT2D eigenvalue weighted by Crippen LogP contribution is 2.21. The van der Waals surface area contributed by atoms with Crippen LogP contribution in [-0.2, 0) is 19.8 Å². The van der Waals surface area contributed by atoms with Crippen molar-refractivity contribution in [1.82, 2.24) is 5.32 Å². The molecule has 0 aliphatic rings. The van der Waals surface area contributed by atoms with Crippen LogP contribution in [0.1, 0.15) is 38.8 Å². The highest BCUT2D eigenvalue weighted by atomic mass is 16.5. The van der Waals surface area contributed by atoms with Gasteiger partial charge in [0.15, 0.2) is 0 Å². The van der Waals surface area contributed by atoms with Crippen molar-refractivity contribution < 1.29 is 14.3 Å². The molecule has 1 aromatic carbocycles. The Bertz CT molecular complexity index is 457. The molecule has 1 N–H and O–H groups in total. The minimum Gasteiger partial charge on any atom is -0.379 e. The summed E-state index contributed by atoms with van der Waals surface area (Å²) in [6, 6.07) is 8.15. The van der Waals surface area contributed by atoms with Gasteiger partial charge in [0.2, 0.25) is 5.91 Å². The first kappa shape index (κ1) is 17.7. The molecule has 0 heterocycles. The molecular formula is C17H27NO3. The van der Waals surface area contributed by atoms with E-state index in [0.29, 0.717) is 19.8 Å². The summed E-state index contributed by atoms with van der Waals surface area (Å²) >= 11 is 0. The minimum absolute atomic E-state index is 0.113. The lowest BCUT2D eigenvalue weighted by atomic mass is 9.93. The molecule has 0 aliphatic carbocycles. The zero-order valence-electron chi connectivity index (χ0n) is 13.7. The van der Waals surface area contributed by atoms with Crippen molar-refractivity contribution in [3.8, 4) is 0 Å². The van der Waals surface area contributed by atoms with Crippen LogP contribution in [0.3, 0.4) is 0 Å². The Kier molecular flexibility index (Phi) is 6.85. The molecule has 0 aliphatic heterocycles. The molecule has 0 unspecified atom stereocenters. The summed E-state index contributed by atoms with van der Waals surface area (Å²) in [5.41, 5.74) is 1.83. The number of benzene rings is 1. The lowest BCUT2D eigenvalue weighted by molar-refractivity contribution is -0.134. The maximum atomic E-state index is 12.2. The summed E-state index contributed by atoms with van der Waals surface area (Å²) in [6.45, 7) is 11.3. The van der Waals surface area contributed by atoms with Crippen molar-refractivity contribution in [1.29, 1.82) is 0 Å². The monoisotopic (exact) mass is 293 g/mol. The smallest absolute Gasteiger partial charge is 0.249 e. The van der Waals surface area contributed by atoms with Crippen molar-refractivity contribution in [3.63, 3.8) is 0 Å². The third-order valence-corrected chi connectivity index (χ3v) is 3.34. The molecule has 21 heavy (non-hydrogen) atoms. The minimum atomic E-state index is -0.491. The molecule has 0 radical (unpaired) electrons. The number of carbonyl (C=O) groups is 1. The summed E-state index contributed by atoms with van der Waals surface area (Å²) in [7, 11) is 0. The Hall–Kier alpha value is -1.39. The fourth-order valence-electron chi connectivity index (χ4n) is 2.02. The van der Waals surface area contributed by atoms with Crippen LogP contribution in [-0.4, -0.2) is 31.8 Å². The maximum absolute atomic E-state index is 12.2. The number of rotatable bonds is 8. The second kappa shape index (κ2) is 8.15. The molecule has 0 fully saturated rings. The molecule has 0 aromatic heterocycles. The number of hydrogen-bond acceptors (Lipinski definition) is 3. The zero-order valence-corrected chi connectivity index (χ0v) is 13.7. The lowest BCUT2D eigenvalue weighted by Gasteiger charge is -2.29. The van der Waals surface area contributed by atoms with Crippen molar-refractivity contribution in [3.05, 3.63) is 35.4 Å². The largest absolute Gasteiger partial charge is 0.379 e. The molecule has 4 nitrogen and oxygen atoms in total. The van der Waals surface area contributed by atoms with E-state index in [1.165, 1.54) is 5.56 Å². The second-order valence-corrected chi connectivity index (χ2v) is 5.69. The van der Waals surface area contributed by atoms with E-state index in [2.05, 4.69) is 11.4 Å². The third kappa shape index (κ3) is 5.86. The first-order chi connectivity index (χ1) is 9.86. The van der Waals surface area contributed by atoms with E-state index < -0.39 is 11.6 Å². The Labute approximate surface area is 127 Å². The van der Waals surface area contributed by atoms with Gasteiger partial charge in [-0.05, 0) is 40.2 Å². The quantitative estimate of drug-likeness (QED) is 0.750. The molecule has 0 bridgehead atoms. The molecule has 1 atom stereocenters. The van der Waals surface area contributed by atoms with Gasteiger partial charge in [0.1, 0.15) is 6.10 Å². The average molecular weight is 293 g/mol. The van der Waals surface area contributed by atoms with Gasteiger partial charge in [-0.3, -0.25) is 4.79 Å². The normalized spacial score (nSPS) is 13.0. The van der Waals surface area contributed by atoms with Gasteiger partial charge in [-0.25, -0.2) is 0 Å². The van der Waals surface area contributed by atoms with Gasteiger partial charge in [-0.1, -0.05) is 29.8 Å². The molecule has 0 spiro atoms. The first-order valence-electron chi connectivity index (χ1n) is 7.45. The van der Waals surface area contributed by atoms with Gasteiger partial charge >= 0.3 is 0 Å². The molecular weight excluding hydrogens is 266 g/mol. The van der Waals surface area contributed by atoms with Crippen LogP contribution >= 0.6 is 0 Å². The van der Waals surface area contributed by atoms with E-state index in [-0.39, 0.29) is 5.91 Å². The van der Waals surface area contributed by atoms with Crippen molar-refractivity contribution >= 4 is 5.91 Å². The third-order valence-electron chi connectivity index (χ3n) is 3.34. The topological polar surface area (TPSA) is 47.6 Å². The summed E-state index contributed by atoms with van der Waals surface area (Å²) < 4.78 is 10.7. The lowest BCUT2D eigenvalue weighted by Crippen LogP contribution is -2.46. The average Bonchev–Trinajstić information content (AvgIpc) is 2.43. The summed E-state index contributed by atoms with van der Waals surface area (Å²) in [5.74, 6) is -0.113. The van der Waals surface area contributed by atoms with Crippen molar-refractivity contribution in [2.75, 3.05) is 19.8 Å². The van der Waals surface area contributed by atoms with Crippen molar-refractivity contribution in [2.24, 2.45) is 0 Å². The Balaban J connectivity index is 2.55. The van der Waals surface area contributed by atoms with E-state index in [4.69, 9.17) is 9.47 Å². The molecule has 1 aromatic rings. The van der Waals surface area contributed by atoms with E-state index in [0.717, 1.165) is 5.56 Å². The van der Waals surface area contributed by atoms with Gasteiger partial charge in [0.05, 0.1) is 18.8 Å². The number of amides is 1. The van der Waals surface area contributed by atoms with E-state index in [9.17, 15) is 4.79 Å². The number of hydrogen-bond donors (Lipinski definition) is 1. The first-order valence-corrected chi connectivity index (χ1v) is 7.45. The SMILES string of the molecule is CCOCCO[C@H](C)C(=O)NC(C)(C)c1cccc(C)c1. The Morgan fingerprint density at radius 3 is 2.67 bits per heavy atom. The molecule has 118 valence electrons. The van der Waals surface area contributed by atoms with E-state index in [1.54, 1.807) is 6.92 Å². The van der Waals surface area contributed by atoms with Crippen LogP contribution in [0.2, 0.25) is 0 Å². The Morgan fingerprint density at radius 1 is 1.33 bits per heavy atom. The fraction of sp³-hybridized carbons (Fsp3) is 0.588. The van der Waals surface area contributed by atoms with E-state index in [1.807, 2.05) is 45.9 Å². The van der Waals surface area contributed by atoms with Gasteiger partial charge in [-0.15, -0.1) is 0 Å². The number of ether oxygens (including phenoxy) is 2. The number of aryl methyl sites for hydroxylation is 1. The molecule has 1 rings (SSSR count). The number of carbonyl (C=O) groups excluding carboxylic acids is 1. The highest BCUT2D eigenvalue weighted by molar-refractivity contribution is 5.81. The fourth-order valence-corrected chi connectivity index (χ4v) is 2.02. The summed E-state index contributed by atoms with van der Waals surface area (Å²) in [4.78, 5) is 12.2. The predicted molar refractivity (Wildman–Crippen MR) is 84.3 cm³/mol. The van der Waals surface area contributed by atoms with Gasteiger partial charge in [0.25, 0.3) is 0 Å². The summed E-state index contributed by atoms with van der Waals surface area (Å²) in [6.07, 6.45) is -0.491.